The number of benzene rings is 2. The summed E-state index contributed by atoms with van der Waals surface area (Å²) in [7, 11) is 0. The number of hydrogen-bond donors (Lipinski definition) is 2. The van der Waals surface area contributed by atoms with E-state index in [1.807, 2.05) is 48.5 Å². The maximum atomic E-state index is 9.83. The molecular formula is C20H18Br2O2. The molecule has 0 saturated carbocycles. The fourth-order valence-electron chi connectivity index (χ4n) is 2.32. The smallest absolute Gasteiger partial charge is 0.104 e. The van der Waals surface area contributed by atoms with Gasteiger partial charge in [-0.1, -0.05) is 68.0 Å². The van der Waals surface area contributed by atoms with E-state index in [9.17, 15) is 5.11 Å². The molecule has 0 atom stereocenters. The Bertz CT molecular complexity index is 751. The van der Waals surface area contributed by atoms with Crippen LogP contribution in [0.15, 0.2) is 68.6 Å². The number of aliphatic hydroxyl groups is 2. The summed E-state index contributed by atoms with van der Waals surface area (Å²) in [5.41, 5.74) is 3.96. The SMILES string of the molecule is OCC#C/C(Cc1ccc(Br)cc1)=C(/CO)Cc1ccc(Br)cc1. The normalized spacial score (nSPS) is 11.5. The molecule has 2 aromatic carbocycles. The minimum atomic E-state index is -0.194. The Balaban J connectivity index is 2.31. The van der Waals surface area contributed by atoms with Gasteiger partial charge in [0.25, 0.3) is 0 Å². The molecular weight excluding hydrogens is 432 g/mol. The van der Waals surface area contributed by atoms with E-state index >= 15 is 0 Å². The van der Waals surface area contributed by atoms with E-state index in [-0.39, 0.29) is 13.2 Å². The zero-order valence-corrected chi connectivity index (χ0v) is 16.3. The van der Waals surface area contributed by atoms with Gasteiger partial charge in [0, 0.05) is 20.9 Å². The first kappa shape index (κ1) is 19.0. The monoisotopic (exact) mass is 448 g/mol. The van der Waals surface area contributed by atoms with Gasteiger partial charge in [0.2, 0.25) is 0 Å². The molecule has 2 aromatic rings. The predicted molar refractivity (Wildman–Crippen MR) is 105 cm³/mol. The standard InChI is InChI=1S/C20H18Br2O2/c21-19-7-3-15(4-8-19)12-17(2-1-11-23)18(14-24)13-16-5-9-20(22)10-6-16/h3-10,23-24H,11-14H2/b18-17-. The van der Waals surface area contributed by atoms with Crippen LogP contribution in [0.1, 0.15) is 11.1 Å². The summed E-state index contributed by atoms with van der Waals surface area (Å²) < 4.78 is 2.05. The van der Waals surface area contributed by atoms with Gasteiger partial charge in [0.05, 0.1) is 6.61 Å². The van der Waals surface area contributed by atoms with E-state index in [0.29, 0.717) is 12.8 Å². The molecule has 0 fully saturated rings. The summed E-state index contributed by atoms with van der Waals surface area (Å²) in [6, 6.07) is 16.0. The van der Waals surface area contributed by atoms with Crippen LogP contribution in [0.3, 0.4) is 0 Å². The first-order valence-corrected chi connectivity index (χ1v) is 9.11. The topological polar surface area (TPSA) is 40.5 Å². The quantitative estimate of drug-likeness (QED) is 0.668. The van der Waals surface area contributed by atoms with Crippen LogP contribution in [0.4, 0.5) is 0 Å². The van der Waals surface area contributed by atoms with Crippen LogP contribution in [-0.2, 0) is 12.8 Å². The van der Waals surface area contributed by atoms with Crippen molar-refractivity contribution in [2.24, 2.45) is 0 Å². The molecule has 2 N–H and O–H groups in total. The molecule has 0 amide bonds. The Kier molecular flexibility index (Phi) is 7.74. The summed E-state index contributed by atoms with van der Waals surface area (Å²) in [6.07, 6.45) is 1.27. The van der Waals surface area contributed by atoms with Crippen molar-refractivity contribution in [3.05, 3.63) is 79.7 Å². The molecule has 124 valence electrons. The Morgan fingerprint density at radius 2 is 1.29 bits per heavy atom. The average molecular weight is 450 g/mol. The highest BCUT2D eigenvalue weighted by atomic mass is 79.9. The van der Waals surface area contributed by atoms with Crippen LogP contribution in [-0.4, -0.2) is 23.4 Å². The van der Waals surface area contributed by atoms with Crippen LogP contribution < -0.4 is 0 Å². The van der Waals surface area contributed by atoms with Gasteiger partial charge < -0.3 is 10.2 Å². The summed E-state index contributed by atoms with van der Waals surface area (Å²) in [4.78, 5) is 0. The lowest BCUT2D eigenvalue weighted by Crippen LogP contribution is -2.03. The van der Waals surface area contributed by atoms with Crippen LogP contribution in [0, 0.1) is 11.8 Å². The van der Waals surface area contributed by atoms with Crippen molar-refractivity contribution in [2.75, 3.05) is 13.2 Å². The molecule has 0 unspecified atom stereocenters. The second kappa shape index (κ2) is 9.80. The summed E-state index contributed by atoms with van der Waals surface area (Å²) in [5, 5.41) is 18.9. The van der Waals surface area contributed by atoms with Gasteiger partial charge >= 0.3 is 0 Å². The molecule has 2 rings (SSSR count). The second-order valence-electron chi connectivity index (χ2n) is 5.31. The summed E-state index contributed by atoms with van der Waals surface area (Å²) >= 11 is 6.86. The van der Waals surface area contributed by atoms with Gasteiger partial charge in [-0.25, -0.2) is 0 Å². The third-order valence-electron chi connectivity index (χ3n) is 3.56. The molecule has 24 heavy (non-hydrogen) atoms. The maximum Gasteiger partial charge on any atom is 0.104 e. The molecule has 0 heterocycles. The van der Waals surface area contributed by atoms with Crippen LogP contribution >= 0.6 is 31.9 Å². The minimum absolute atomic E-state index is 0.0535. The van der Waals surface area contributed by atoms with E-state index in [4.69, 9.17) is 5.11 Å². The van der Waals surface area contributed by atoms with E-state index in [0.717, 1.165) is 31.2 Å². The Morgan fingerprint density at radius 1 is 0.792 bits per heavy atom. The number of halogens is 2. The van der Waals surface area contributed by atoms with Crippen molar-refractivity contribution in [3.8, 4) is 11.8 Å². The number of rotatable bonds is 5. The van der Waals surface area contributed by atoms with Gasteiger partial charge in [-0.2, -0.15) is 0 Å². The van der Waals surface area contributed by atoms with Crippen molar-refractivity contribution in [1.29, 1.82) is 0 Å². The van der Waals surface area contributed by atoms with Crippen LogP contribution in [0.25, 0.3) is 0 Å². The molecule has 0 saturated heterocycles. The zero-order chi connectivity index (χ0) is 17.4. The van der Waals surface area contributed by atoms with Gasteiger partial charge in [0.15, 0.2) is 0 Å². The van der Waals surface area contributed by atoms with Crippen molar-refractivity contribution < 1.29 is 10.2 Å². The van der Waals surface area contributed by atoms with Crippen molar-refractivity contribution in [1.82, 2.24) is 0 Å². The van der Waals surface area contributed by atoms with Gasteiger partial charge in [-0.05, 0) is 47.4 Å². The molecule has 4 heteroatoms. The van der Waals surface area contributed by atoms with E-state index in [1.165, 1.54) is 0 Å². The van der Waals surface area contributed by atoms with Gasteiger partial charge in [0.1, 0.15) is 6.61 Å². The fraction of sp³-hybridized carbons (Fsp3) is 0.200. The molecule has 0 aromatic heterocycles. The molecule has 0 spiro atoms. The van der Waals surface area contributed by atoms with Gasteiger partial charge in [-0.3, -0.25) is 0 Å². The van der Waals surface area contributed by atoms with E-state index in [2.05, 4.69) is 43.7 Å². The van der Waals surface area contributed by atoms with Crippen LogP contribution in [0.2, 0.25) is 0 Å². The van der Waals surface area contributed by atoms with E-state index in [1.54, 1.807) is 0 Å². The Hall–Kier alpha value is -1.38. The molecule has 0 aliphatic heterocycles. The van der Waals surface area contributed by atoms with Gasteiger partial charge in [-0.15, -0.1) is 0 Å². The molecule has 0 radical (unpaired) electrons. The Labute approximate surface area is 159 Å². The Morgan fingerprint density at radius 3 is 1.75 bits per heavy atom. The first-order chi connectivity index (χ1) is 11.6. The number of hydrogen-bond acceptors (Lipinski definition) is 2. The van der Waals surface area contributed by atoms with Crippen LogP contribution in [0.5, 0.6) is 0 Å². The van der Waals surface area contributed by atoms with Crippen molar-refractivity contribution in [3.63, 3.8) is 0 Å². The predicted octanol–water partition coefficient (Wildman–Crippen LogP) is 4.28. The summed E-state index contributed by atoms with van der Waals surface area (Å²) in [6.45, 7) is -0.247. The minimum Gasteiger partial charge on any atom is -0.392 e. The van der Waals surface area contributed by atoms with E-state index < -0.39 is 0 Å². The third kappa shape index (κ3) is 5.92. The highest BCUT2D eigenvalue weighted by Crippen LogP contribution is 2.19. The fourth-order valence-corrected chi connectivity index (χ4v) is 2.85. The lowest BCUT2D eigenvalue weighted by atomic mass is 9.96. The molecule has 0 aliphatic carbocycles. The zero-order valence-electron chi connectivity index (χ0n) is 13.1. The largest absolute Gasteiger partial charge is 0.392 e. The lowest BCUT2D eigenvalue weighted by molar-refractivity contribution is 0.327. The highest BCUT2D eigenvalue weighted by molar-refractivity contribution is 9.10. The third-order valence-corrected chi connectivity index (χ3v) is 4.62. The molecule has 2 nitrogen and oxygen atoms in total. The molecule has 0 bridgehead atoms. The number of aliphatic hydroxyl groups excluding tert-OH is 2. The molecule has 0 aliphatic rings. The highest BCUT2D eigenvalue weighted by Gasteiger charge is 2.07. The first-order valence-electron chi connectivity index (χ1n) is 7.52. The average Bonchev–Trinajstić information content (AvgIpc) is 2.60. The lowest BCUT2D eigenvalue weighted by Gasteiger charge is -2.10. The summed E-state index contributed by atoms with van der Waals surface area (Å²) in [5.74, 6) is 5.72. The maximum absolute atomic E-state index is 9.83. The van der Waals surface area contributed by atoms with Crippen molar-refractivity contribution in [2.45, 2.75) is 12.8 Å². The number of allylic oxidation sites excluding steroid dienone is 1. The second-order valence-corrected chi connectivity index (χ2v) is 7.14. The van der Waals surface area contributed by atoms with Crippen molar-refractivity contribution >= 4 is 31.9 Å².